The van der Waals surface area contributed by atoms with Gasteiger partial charge in [-0.2, -0.15) is 0 Å². The first-order valence-corrected chi connectivity index (χ1v) is 12.6. The smallest absolute Gasteiger partial charge is 0.264 e. The Hall–Kier alpha value is -3.75. The second kappa shape index (κ2) is 10.5. The van der Waals surface area contributed by atoms with Crippen molar-refractivity contribution in [3.8, 4) is 11.3 Å². The van der Waals surface area contributed by atoms with Gasteiger partial charge in [0.05, 0.1) is 27.2 Å². The summed E-state index contributed by atoms with van der Waals surface area (Å²) in [7, 11) is 0. The molecule has 2 aromatic carbocycles. The minimum absolute atomic E-state index is 0.133. The van der Waals surface area contributed by atoms with Gasteiger partial charge in [0.15, 0.2) is 0 Å². The van der Waals surface area contributed by atoms with Crippen LogP contribution in [0.5, 0.6) is 0 Å². The normalized spacial score (nSPS) is 10.9. The predicted molar refractivity (Wildman–Crippen MR) is 145 cm³/mol. The molecule has 7 nitrogen and oxygen atoms in total. The third-order valence-electron chi connectivity index (χ3n) is 5.98. The number of benzene rings is 2. The molecule has 184 valence electrons. The molecular formula is C27H25ClN4O3S. The van der Waals surface area contributed by atoms with Crippen LogP contribution < -0.4 is 11.1 Å². The average Bonchev–Trinajstić information content (AvgIpc) is 3.19. The summed E-state index contributed by atoms with van der Waals surface area (Å²) in [6.45, 7) is 6.48. The fourth-order valence-electron chi connectivity index (χ4n) is 4.10. The number of carbonyl (C=O) groups is 3. The molecule has 0 aliphatic heterocycles. The van der Waals surface area contributed by atoms with Gasteiger partial charge in [0.1, 0.15) is 5.00 Å². The number of anilines is 1. The lowest BCUT2D eigenvalue weighted by molar-refractivity contribution is 0.0777. The van der Waals surface area contributed by atoms with Crippen molar-refractivity contribution in [3.05, 3.63) is 81.2 Å². The number of pyridine rings is 1. The molecule has 0 atom stereocenters. The van der Waals surface area contributed by atoms with E-state index in [0.717, 1.165) is 11.3 Å². The van der Waals surface area contributed by atoms with Gasteiger partial charge in [0.2, 0.25) is 0 Å². The van der Waals surface area contributed by atoms with Crippen molar-refractivity contribution in [1.29, 1.82) is 0 Å². The highest BCUT2D eigenvalue weighted by molar-refractivity contribution is 7.18. The zero-order valence-electron chi connectivity index (χ0n) is 20.1. The molecule has 4 aromatic rings. The second-order valence-electron chi connectivity index (χ2n) is 8.11. The number of nitrogens with zero attached hydrogens (tertiary/aromatic N) is 2. The molecule has 2 heterocycles. The first kappa shape index (κ1) is 25.3. The maximum atomic E-state index is 13.6. The summed E-state index contributed by atoms with van der Waals surface area (Å²) in [6, 6.07) is 16.2. The van der Waals surface area contributed by atoms with E-state index in [1.54, 1.807) is 30.0 Å². The van der Waals surface area contributed by atoms with Crippen LogP contribution in [0.3, 0.4) is 0 Å². The molecule has 0 fully saturated rings. The van der Waals surface area contributed by atoms with E-state index < -0.39 is 11.8 Å². The molecule has 0 saturated carbocycles. The zero-order valence-corrected chi connectivity index (χ0v) is 21.7. The molecule has 2 aromatic heterocycles. The number of nitrogens with one attached hydrogen (secondary N) is 1. The van der Waals surface area contributed by atoms with Crippen LogP contribution in [0.1, 0.15) is 49.8 Å². The number of halogens is 1. The van der Waals surface area contributed by atoms with E-state index in [4.69, 9.17) is 22.3 Å². The molecular weight excluding hydrogens is 496 g/mol. The highest BCUT2D eigenvalue weighted by Gasteiger charge is 2.27. The molecule has 0 saturated heterocycles. The summed E-state index contributed by atoms with van der Waals surface area (Å²) in [4.78, 5) is 45.7. The van der Waals surface area contributed by atoms with E-state index >= 15 is 0 Å². The van der Waals surface area contributed by atoms with Crippen LogP contribution in [0.15, 0.2) is 54.6 Å². The Kier molecular flexibility index (Phi) is 7.37. The van der Waals surface area contributed by atoms with E-state index in [9.17, 15) is 14.4 Å². The summed E-state index contributed by atoms with van der Waals surface area (Å²) in [5.41, 5.74) is 8.45. The van der Waals surface area contributed by atoms with Crippen molar-refractivity contribution in [2.24, 2.45) is 5.73 Å². The number of para-hydroxylation sites is 1. The van der Waals surface area contributed by atoms with Crippen LogP contribution in [-0.2, 0) is 0 Å². The van der Waals surface area contributed by atoms with Crippen LogP contribution in [-0.4, -0.2) is 40.7 Å². The van der Waals surface area contributed by atoms with Crippen LogP contribution in [0, 0.1) is 6.92 Å². The average molecular weight is 521 g/mol. The summed E-state index contributed by atoms with van der Waals surface area (Å²) >= 11 is 7.45. The predicted octanol–water partition coefficient (Wildman–Crippen LogP) is 5.76. The first-order chi connectivity index (χ1) is 17.3. The van der Waals surface area contributed by atoms with Crippen molar-refractivity contribution < 1.29 is 14.4 Å². The minimum atomic E-state index is -0.714. The SMILES string of the molecule is CCN(CC)C(=O)c1sc(NC(=O)c2cc(-c3ccccc3Cl)nc3ccccc23)c(C(N)=O)c1C. The summed E-state index contributed by atoms with van der Waals surface area (Å²) in [6.07, 6.45) is 0. The molecule has 4 rings (SSSR count). The van der Waals surface area contributed by atoms with Crippen LogP contribution in [0.25, 0.3) is 22.2 Å². The monoisotopic (exact) mass is 520 g/mol. The summed E-state index contributed by atoms with van der Waals surface area (Å²) in [5, 5.41) is 4.22. The number of thiophene rings is 1. The Morgan fingerprint density at radius 3 is 2.39 bits per heavy atom. The molecule has 0 aliphatic rings. The molecule has 0 spiro atoms. The number of fused-ring (bicyclic) bond motifs is 1. The maximum absolute atomic E-state index is 13.6. The van der Waals surface area contributed by atoms with Crippen molar-refractivity contribution in [2.45, 2.75) is 20.8 Å². The van der Waals surface area contributed by atoms with Gasteiger partial charge in [-0.25, -0.2) is 4.98 Å². The number of aromatic nitrogens is 1. The lowest BCUT2D eigenvalue weighted by atomic mass is 10.0. The van der Waals surface area contributed by atoms with Gasteiger partial charge in [0.25, 0.3) is 17.7 Å². The van der Waals surface area contributed by atoms with E-state index in [2.05, 4.69) is 5.32 Å². The molecule has 0 radical (unpaired) electrons. The quantitative estimate of drug-likeness (QED) is 0.323. The van der Waals surface area contributed by atoms with Crippen LogP contribution in [0.4, 0.5) is 5.00 Å². The van der Waals surface area contributed by atoms with Gasteiger partial charge in [-0.05, 0) is 44.5 Å². The van der Waals surface area contributed by atoms with Crippen molar-refractivity contribution >= 4 is 56.6 Å². The van der Waals surface area contributed by atoms with Gasteiger partial charge in [0, 0.05) is 29.1 Å². The Bertz CT molecular complexity index is 1490. The molecule has 36 heavy (non-hydrogen) atoms. The second-order valence-corrected chi connectivity index (χ2v) is 9.54. The lowest BCUT2D eigenvalue weighted by Gasteiger charge is -2.17. The third kappa shape index (κ3) is 4.69. The first-order valence-electron chi connectivity index (χ1n) is 11.4. The molecule has 9 heteroatoms. The number of hydrogen-bond acceptors (Lipinski definition) is 5. The topological polar surface area (TPSA) is 105 Å². The van der Waals surface area contributed by atoms with Crippen molar-refractivity contribution in [1.82, 2.24) is 9.88 Å². The third-order valence-corrected chi connectivity index (χ3v) is 7.50. The number of hydrogen-bond donors (Lipinski definition) is 2. The Balaban J connectivity index is 1.81. The molecule has 0 bridgehead atoms. The van der Waals surface area contributed by atoms with E-state index in [-0.39, 0.29) is 16.5 Å². The molecule has 0 aliphatic carbocycles. The highest BCUT2D eigenvalue weighted by atomic mass is 35.5. The number of rotatable bonds is 7. The lowest BCUT2D eigenvalue weighted by Crippen LogP contribution is -2.30. The van der Waals surface area contributed by atoms with Gasteiger partial charge >= 0.3 is 0 Å². The van der Waals surface area contributed by atoms with Crippen molar-refractivity contribution in [2.75, 3.05) is 18.4 Å². The summed E-state index contributed by atoms with van der Waals surface area (Å²) in [5.74, 6) is -1.37. The van der Waals surface area contributed by atoms with Gasteiger partial charge < -0.3 is 16.0 Å². The highest BCUT2D eigenvalue weighted by Crippen LogP contribution is 2.35. The molecule has 3 amide bonds. The zero-order chi connectivity index (χ0) is 26.0. The maximum Gasteiger partial charge on any atom is 0.264 e. The minimum Gasteiger partial charge on any atom is -0.365 e. The largest absolute Gasteiger partial charge is 0.365 e. The number of carbonyl (C=O) groups excluding carboxylic acids is 3. The summed E-state index contributed by atoms with van der Waals surface area (Å²) < 4.78 is 0. The Labute approximate surface area is 217 Å². The van der Waals surface area contributed by atoms with E-state index in [0.29, 0.717) is 56.3 Å². The van der Waals surface area contributed by atoms with Crippen LogP contribution in [0.2, 0.25) is 5.02 Å². The fourth-order valence-corrected chi connectivity index (χ4v) is 5.50. The standard InChI is InChI=1S/C27H25ClN4O3S/c1-4-32(5-2)27(35)23-15(3)22(24(29)33)26(36-23)31-25(34)18-14-21(17-11-6-8-12-19(17)28)30-20-13-9-7-10-16(18)20/h6-14H,4-5H2,1-3H3,(H2,29,33)(H,31,34). The Morgan fingerprint density at radius 2 is 1.72 bits per heavy atom. The van der Waals surface area contributed by atoms with E-state index in [1.807, 2.05) is 50.2 Å². The Morgan fingerprint density at radius 1 is 1.06 bits per heavy atom. The van der Waals surface area contributed by atoms with Crippen molar-refractivity contribution in [3.63, 3.8) is 0 Å². The molecule has 0 unspecified atom stereocenters. The van der Waals surface area contributed by atoms with Gasteiger partial charge in [-0.3, -0.25) is 14.4 Å². The number of nitrogens with two attached hydrogens (primary N) is 1. The molecule has 3 N–H and O–H groups in total. The van der Waals surface area contributed by atoms with Crippen LogP contribution >= 0.6 is 22.9 Å². The van der Waals surface area contributed by atoms with E-state index in [1.165, 1.54) is 0 Å². The number of primary amides is 1. The number of amides is 3. The van der Waals surface area contributed by atoms with Gasteiger partial charge in [-0.1, -0.05) is 48.0 Å². The van der Waals surface area contributed by atoms with Gasteiger partial charge in [-0.15, -0.1) is 11.3 Å². The fraction of sp³-hybridized carbons (Fsp3) is 0.185.